The lowest BCUT2D eigenvalue weighted by Crippen LogP contribution is -2.13. The van der Waals surface area contributed by atoms with Crippen molar-refractivity contribution in [3.63, 3.8) is 0 Å². The molecule has 1 heterocycles. The van der Waals surface area contributed by atoms with Gasteiger partial charge < -0.3 is 0 Å². The van der Waals surface area contributed by atoms with E-state index in [1.165, 1.54) is 11.5 Å². The SMILES string of the molecule is O=c1c(Br)c(Cl)sn1Cc1ccccc1. The second-order valence-corrected chi connectivity index (χ2v) is 5.43. The van der Waals surface area contributed by atoms with Gasteiger partial charge in [-0.25, -0.2) is 0 Å². The van der Waals surface area contributed by atoms with Crippen LogP contribution in [-0.4, -0.2) is 3.96 Å². The van der Waals surface area contributed by atoms with Gasteiger partial charge in [-0.3, -0.25) is 8.75 Å². The Balaban J connectivity index is 2.33. The molecule has 0 saturated carbocycles. The van der Waals surface area contributed by atoms with Crippen molar-refractivity contribution in [3.05, 3.63) is 55.1 Å². The van der Waals surface area contributed by atoms with E-state index in [1.807, 2.05) is 30.3 Å². The van der Waals surface area contributed by atoms with Gasteiger partial charge in [-0.1, -0.05) is 41.9 Å². The fourth-order valence-corrected chi connectivity index (χ4v) is 2.85. The highest BCUT2D eigenvalue weighted by Gasteiger charge is 2.10. The van der Waals surface area contributed by atoms with Gasteiger partial charge in [0, 0.05) is 0 Å². The van der Waals surface area contributed by atoms with Crippen LogP contribution >= 0.6 is 39.1 Å². The fourth-order valence-electron chi connectivity index (χ4n) is 1.23. The summed E-state index contributed by atoms with van der Waals surface area (Å²) in [6.07, 6.45) is 0. The van der Waals surface area contributed by atoms with E-state index >= 15 is 0 Å². The molecule has 0 spiro atoms. The van der Waals surface area contributed by atoms with Crippen LogP contribution in [-0.2, 0) is 6.54 Å². The first kappa shape index (κ1) is 10.9. The van der Waals surface area contributed by atoms with E-state index in [9.17, 15) is 4.79 Å². The largest absolute Gasteiger partial charge is 0.276 e. The van der Waals surface area contributed by atoms with E-state index in [-0.39, 0.29) is 5.56 Å². The van der Waals surface area contributed by atoms with Gasteiger partial charge >= 0.3 is 0 Å². The second kappa shape index (κ2) is 4.51. The number of aromatic nitrogens is 1. The Morgan fingerprint density at radius 3 is 2.53 bits per heavy atom. The summed E-state index contributed by atoms with van der Waals surface area (Å²) in [5, 5.41) is 0. The predicted molar refractivity (Wildman–Crippen MR) is 66.8 cm³/mol. The number of nitrogens with zero attached hydrogens (tertiary/aromatic N) is 1. The summed E-state index contributed by atoms with van der Waals surface area (Å²) in [4.78, 5) is 11.6. The van der Waals surface area contributed by atoms with Crippen molar-refractivity contribution in [1.82, 2.24) is 3.96 Å². The molecule has 78 valence electrons. The van der Waals surface area contributed by atoms with Crippen molar-refractivity contribution in [2.24, 2.45) is 0 Å². The molecule has 0 aliphatic rings. The first-order valence-electron chi connectivity index (χ1n) is 4.27. The number of halogens is 2. The van der Waals surface area contributed by atoms with Crippen LogP contribution in [0.25, 0.3) is 0 Å². The Hall–Kier alpha value is -0.580. The first-order chi connectivity index (χ1) is 7.18. The van der Waals surface area contributed by atoms with Gasteiger partial charge in [-0.05, 0) is 33.0 Å². The minimum Gasteiger partial charge on any atom is -0.267 e. The summed E-state index contributed by atoms with van der Waals surface area (Å²) in [6, 6.07) is 9.81. The van der Waals surface area contributed by atoms with Crippen molar-refractivity contribution < 1.29 is 0 Å². The molecule has 2 nitrogen and oxygen atoms in total. The maximum absolute atomic E-state index is 11.6. The van der Waals surface area contributed by atoms with Crippen LogP contribution < -0.4 is 5.56 Å². The summed E-state index contributed by atoms with van der Waals surface area (Å²) in [5.74, 6) is 0. The average Bonchev–Trinajstić information content (AvgIpc) is 2.48. The van der Waals surface area contributed by atoms with Gasteiger partial charge in [-0.2, -0.15) is 0 Å². The lowest BCUT2D eigenvalue weighted by atomic mass is 10.2. The molecule has 0 amide bonds. The van der Waals surface area contributed by atoms with Gasteiger partial charge in [-0.15, -0.1) is 0 Å². The standard InChI is InChI=1S/C10H7BrClNOS/c11-8-9(12)15-13(10(8)14)6-7-4-2-1-3-5-7/h1-5H,6H2. The Morgan fingerprint density at radius 2 is 2.00 bits per heavy atom. The molecule has 5 heteroatoms. The third-order valence-corrected chi connectivity index (χ3v) is 4.45. The molecular formula is C10H7BrClNOS. The molecule has 0 saturated heterocycles. The number of hydrogen-bond donors (Lipinski definition) is 0. The quantitative estimate of drug-likeness (QED) is 0.834. The fraction of sp³-hybridized carbons (Fsp3) is 0.100. The molecule has 15 heavy (non-hydrogen) atoms. The van der Waals surface area contributed by atoms with Crippen LogP contribution in [0.3, 0.4) is 0 Å². The first-order valence-corrected chi connectivity index (χ1v) is 6.22. The summed E-state index contributed by atoms with van der Waals surface area (Å²) in [6.45, 7) is 0.565. The van der Waals surface area contributed by atoms with Crippen LogP contribution in [0.5, 0.6) is 0 Å². The third-order valence-electron chi connectivity index (χ3n) is 1.95. The second-order valence-electron chi connectivity index (χ2n) is 3.01. The molecule has 0 bridgehead atoms. The van der Waals surface area contributed by atoms with Crippen molar-refractivity contribution >= 4 is 39.1 Å². The van der Waals surface area contributed by atoms with E-state index in [1.54, 1.807) is 3.96 Å². The molecule has 0 fully saturated rings. The Kier molecular flexibility index (Phi) is 3.29. The number of benzene rings is 1. The third kappa shape index (κ3) is 2.33. The van der Waals surface area contributed by atoms with Crippen molar-refractivity contribution in [1.29, 1.82) is 0 Å². The summed E-state index contributed by atoms with van der Waals surface area (Å²) >= 11 is 10.3. The maximum atomic E-state index is 11.6. The maximum Gasteiger partial charge on any atom is 0.276 e. The van der Waals surface area contributed by atoms with Gasteiger partial charge in [0.1, 0.15) is 8.81 Å². The Bertz CT molecular complexity index is 520. The van der Waals surface area contributed by atoms with Crippen molar-refractivity contribution in [2.75, 3.05) is 0 Å². The summed E-state index contributed by atoms with van der Waals surface area (Å²) in [7, 11) is 0. The van der Waals surface area contributed by atoms with Crippen LogP contribution in [0.15, 0.2) is 39.6 Å². The van der Waals surface area contributed by atoms with Gasteiger partial charge in [0.15, 0.2) is 0 Å². The lowest BCUT2D eigenvalue weighted by Gasteiger charge is -1.99. The molecular weight excluding hydrogens is 298 g/mol. The van der Waals surface area contributed by atoms with Crippen molar-refractivity contribution in [2.45, 2.75) is 6.54 Å². The van der Waals surface area contributed by atoms with E-state index in [0.717, 1.165) is 5.56 Å². The minimum atomic E-state index is -0.0751. The van der Waals surface area contributed by atoms with E-state index in [4.69, 9.17) is 11.6 Å². The smallest absolute Gasteiger partial charge is 0.267 e. The molecule has 2 rings (SSSR count). The summed E-state index contributed by atoms with van der Waals surface area (Å²) in [5.41, 5.74) is 1.01. The van der Waals surface area contributed by atoms with Crippen LogP contribution in [0, 0.1) is 0 Å². The topological polar surface area (TPSA) is 22.0 Å². The molecule has 0 radical (unpaired) electrons. The molecule has 1 aromatic heterocycles. The average molecular weight is 305 g/mol. The van der Waals surface area contributed by atoms with Crippen LogP contribution in [0.2, 0.25) is 4.34 Å². The molecule has 0 aliphatic carbocycles. The molecule has 2 aromatic rings. The van der Waals surface area contributed by atoms with Crippen LogP contribution in [0.4, 0.5) is 0 Å². The zero-order chi connectivity index (χ0) is 10.8. The molecule has 0 atom stereocenters. The van der Waals surface area contributed by atoms with Crippen molar-refractivity contribution in [3.8, 4) is 0 Å². The predicted octanol–water partition coefficient (Wildman–Crippen LogP) is 3.37. The zero-order valence-corrected chi connectivity index (χ0v) is 10.8. The minimum absolute atomic E-state index is 0.0751. The molecule has 0 N–H and O–H groups in total. The monoisotopic (exact) mass is 303 g/mol. The zero-order valence-electron chi connectivity index (χ0n) is 7.61. The molecule has 0 unspecified atom stereocenters. The molecule has 1 aromatic carbocycles. The Morgan fingerprint density at radius 1 is 1.33 bits per heavy atom. The van der Waals surface area contributed by atoms with Gasteiger partial charge in [0.25, 0.3) is 5.56 Å². The Labute approximate surface area is 104 Å². The summed E-state index contributed by atoms with van der Waals surface area (Å²) < 4.78 is 2.57. The number of hydrogen-bond acceptors (Lipinski definition) is 2. The number of rotatable bonds is 2. The molecule has 0 aliphatic heterocycles. The van der Waals surface area contributed by atoms with Gasteiger partial charge in [0.05, 0.1) is 6.54 Å². The lowest BCUT2D eigenvalue weighted by molar-refractivity contribution is 0.846. The van der Waals surface area contributed by atoms with E-state index in [0.29, 0.717) is 15.4 Å². The highest BCUT2D eigenvalue weighted by molar-refractivity contribution is 9.10. The van der Waals surface area contributed by atoms with Gasteiger partial charge in [0.2, 0.25) is 0 Å². The van der Waals surface area contributed by atoms with E-state index < -0.39 is 0 Å². The van der Waals surface area contributed by atoms with E-state index in [2.05, 4.69) is 15.9 Å². The highest BCUT2D eigenvalue weighted by atomic mass is 79.9. The highest BCUT2D eigenvalue weighted by Crippen LogP contribution is 2.24. The van der Waals surface area contributed by atoms with Crippen LogP contribution in [0.1, 0.15) is 5.56 Å². The normalized spacial score (nSPS) is 10.5.